The number of carbonyl (C=O) groups excluding carboxylic acids is 2. The number of ether oxygens (including phenoxy) is 1. The number of para-hydroxylation sites is 1. The molecule has 0 saturated carbocycles. The standard InChI is InChI=1S/C15H20N2O4/c18-13-9-8-11-5-4-6-12(15(11)16-13)21-10-3-1-2-7-14(19)17-20/h4-6,20H,1-3,7-10H2,(H,16,18)(H,17,19). The Bertz CT molecular complexity index is 516. The zero-order valence-electron chi connectivity index (χ0n) is 11.9. The summed E-state index contributed by atoms with van der Waals surface area (Å²) in [6.07, 6.45) is 3.94. The Morgan fingerprint density at radius 2 is 2.14 bits per heavy atom. The van der Waals surface area contributed by atoms with Crippen molar-refractivity contribution < 1.29 is 19.5 Å². The lowest BCUT2D eigenvalue weighted by molar-refractivity contribution is -0.129. The monoisotopic (exact) mass is 292 g/mol. The van der Waals surface area contributed by atoms with Crippen molar-refractivity contribution in [3.8, 4) is 5.75 Å². The van der Waals surface area contributed by atoms with Crippen molar-refractivity contribution in [2.75, 3.05) is 11.9 Å². The number of benzene rings is 1. The Balaban J connectivity index is 1.76. The number of hydrogen-bond acceptors (Lipinski definition) is 4. The summed E-state index contributed by atoms with van der Waals surface area (Å²) in [6, 6.07) is 5.77. The lowest BCUT2D eigenvalue weighted by Gasteiger charge is -2.20. The third-order valence-corrected chi connectivity index (χ3v) is 3.43. The van der Waals surface area contributed by atoms with Crippen LogP contribution in [0.25, 0.3) is 0 Å². The SMILES string of the molecule is O=C(CCCCCOc1cccc2c1NC(=O)CC2)NO. The van der Waals surface area contributed by atoms with Gasteiger partial charge in [-0.05, 0) is 37.3 Å². The van der Waals surface area contributed by atoms with Gasteiger partial charge in [0.2, 0.25) is 11.8 Å². The highest BCUT2D eigenvalue weighted by Gasteiger charge is 2.18. The molecule has 1 heterocycles. The summed E-state index contributed by atoms with van der Waals surface area (Å²) in [7, 11) is 0. The van der Waals surface area contributed by atoms with Crippen molar-refractivity contribution in [3.63, 3.8) is 0 Å². The number of fused-ring (bicyclic) bond motifs is 1. The molecule has 0 radical (unpaired) electrons. The van der Waals surface area contributed by atoms with Crippen molar-refractivity contribution in [3.05, 3.63) is 23.8 Å². The van der Waals surface area contributed by atoms with Gasteiger partial charge in [-0.3, -0.25) is 14.8 Å². The smallest absolute Gasteiger partial charge is 0.243 e. The summed E-state index contributed by atoms with van der Waals surface area (Å²) in [5, 5.41) is 11.2. The molecule has 6 heteroatoms. The van der Waals surface area contributed by atoms with E-state index < -0.39 is 0 Å². The van der Waals surface area contributed by atoms with Crippen molar-refractivity contribution in [2.45, 2.75) is 38.5 Å². The predicted molar refractivity (Wildman–Crippen MR) is 77.3 cm³/mol. The zero-order valence-corrected chi connectivity index (χ0v) is 11.9. The van der Waals surface area contributed by atoms with Crippen molar-refractivity contribution >= 4 is 17.5 Å². The van der Waals surface area contributed by atoms with E-state index in [4.69, 9.17) is 9.94 Å². The summed E-state index contributed by atoms with van der Waals surface area (Å²) in [5.74, 6) is 0.359. The predicted octanol–water partition coefficient (Wildman–Crippen LogP) is 2.02. The van der Waals surface area contributed by atoms with Gasteiger partial charge in [-0.1, -0.05) is 12.1 Å². The van der Waals surface area contributed by atoms with Crippen LogP contribution in [-0.2, 0) is 16.0 Å². The van der Waals surface area contributed by atoms with E-state index in [0.29, 0.717) is 31.6 Å². The van der Waals surface area contributed by atoms with E-state index in [0.717, 1.165) is 30.5 Å². The van der Waals surface area contributed by atoms with Crippen LogP contribution in [0.2, 0.25) is 0 Å². The molecule has 3 N–H and O–H groups in total. The maximum atomic E-state index is 11.5. The van der Waals surface area contributed by atoms with Crippen molar-refractivity contribution in [2.24, 2.45) is 0 Å². The highest BCUT2D eigenvalue weighted by molar-refractivity contribution is 5.95. The number of carbonyl (C=O) groups is 2. The molecular formula is C15H20N2O4. The molecule has 0 aliphatic carbocycles. The number of unbranched alkanes of at least 4 members (excludes halogenated alkanes) is 2. The second kappa shape index (κ2) is 7.64. The first-order valence-corrected chi connectivity index (χ1v) is 7.18. The Morgan fingerprint density at radius 3 is 2.95 bits per heavy atom. The van der Waals surface area contributed by atoms with Crippen LogP contribution in [0.4, 0.5) is 5.69 Å². The normalized spacial score (nSPS) is 13.3. The molecule has 6 nitrogen and oxygen atoms in total. The first-order valence-electron chi connectivity index (χ1n) is 7.18. The van der Waals surface area contributed by atoms with Crippen molar-refractivity contribution in [1.29, 1.82) is 0 Å². The van der Waals surface area contributed by atoms with Crippen LogP contribution in [0, 0.1) is 0 Å². The van der Waals surface area contributed by atoms with Crippen LogP contribution in [-0.4, -0.2) is 23.6 Å². The first kappa shape index (κ1) is 15.3. The molecule has 21 heavy (non-hydrogen) atoms. The Morgan fingerprint density at radius 1 is 1.29 bits per heavy atom. The fraction of sp³-hybridized carbons (Fsp3) is 0.467. The maximum absolute atomic E-state index is 11.5. The van der Waals surface area contributed by atoms with Gasteiger partial charge in [0.25, 0.3) is 0 Å². The van der Waals surface area contributed by atoms with E-state index in [1.165, 1.54) is 0 Å². The molecule has 0 atom stereocenters. The van der Waals surface area contributed by atoms with Gasteiger partial charge >= 0.3 is 0 Å². The summed E-state index contributed by atoms with van der Waals surface area (Å²) in [6.45, 7) is 0.535. The van der Waals surface area contributed by atoms with Gasteiger partial charge in [0, 0.05) is 12.8 Å². The minimum atomic E-state index is -0.365. The molecular weight excluding hydrogens is 272 g/mol. The van der Waals surface area contributed by atoms with Crippen LogP contribution < -0.4 is 15.5 Å². The topological polar surface area (TPSA) is 87.7 Å². The maximum Gasteiger partial charge on any atom is 0.243 e. The third-order valence-electron chi connectivity index (χ3n) is 3.43. The van der Waals surface area contributed by atoms with E-state index in [9.17, 15) is 9.59 Å². The highest BCUT2D eigenvalue weighted by Crippen LogP contribution is 2.32. The fourth-order valence-corrected chi connectivity index (χ4v) is 2.30. The fourth-order valence-electron chi connectivity index (χ4n) is 2.30. The van der Waals surface area contributed by atoms with Crippen LogP contribution in [0.15, 0.2) is 18.2 Å². The average molecular weight is 292 g/mol. The molecule has 1 aromatic carbocycles. The summed E-state index contributed by atoms with van der Waals surface area (Å²) in [4.78, 5) is 22.3. The molecule has 1 aliphatic rings. The lowest BCUT2D eigenvalue weighted by atomic mass is 10.0. The van der Waals surface area contributed by atoms with Gasteiger partial charge in [-0.25, -0.2) is 5.48 Å². The van der Waals surface area contributed by atoms with E-state index in [-0.39, 0.29) is 11.8 Å². The van der Waals surface area contributed by atoms with E-state index in [1.807, 2.05) is 18.2 Å². The van der Waals surface area contributed by atoms with Gasteiger partial charge in [0.1, 0.15) is 5.75 Å². The molecule has 0 bridgehead atoms. The summed E-state index contributed by atoms with van der Waals surface area (Å²) >= 11 is 0. The minimum Gasteiger partial charge on any atom is -0.491 e. The number of amides is 2. The van der Waals surface area contributed by atoms with Gasteiger partial charge in [-0.15, -0.1) is 0 Å². The van der Waals surface area contributed by atoms with E-state index >= 15 is 0 Å². The quantitative estimate of drug-likeness (QED) is 0.407. The number of hydrogen-bond donors (Lipinski definition) is 3. The molecule has 2 amide bonds. The number of hydroxylamine groups is 1. The zero-order chi connectivity index (χ0) is 15.1. The highest BCUT2D eigenvalue weighted by atomic mass is 16.5. The van der Waals surface area contributed by atoms with Crippen LogP contribution in [0.1, 0.15) is 37.7 Å². The van der Waals surface area contributed by atoms with Gasteiger partial charge in [0.05, 0.1) is 12.3 Å². The Hall–Kier alpha value is -2.08. The molecule has 114 valence electrons. The Kier molecular flexibility index (Phi) is 5.57. The number of aryl methyl sites for hydroxylation is 1. The molecule has 2 rings (SSSR count). The van der Waals surface area contributed by atoms with Crippen LogP contribution in [0.3, 0.4) is 0 Å². The van der Waals surface area contributed by atoms with Gasteiger partial charge < -0.3 is 10.1 Å². The average Bonchev–Trinajstić information content (AvgIpc) is 2.50. The molecule has 1 aliphatic heterocycles. The number of nitrogens with one attached hydrogen (secondary N) is 2. The second-order valence-corrected chi connectivity index (χ2v) is 5.03. The second-order valence-electron chi connectivity index (χ2n) is 5.03. The Labute approximate surface area is 123 Å². The van der Waals surface area contributed by atoms with E-state index in [1.54, 1.807) is 5.48 Å². The molecule has 1 aromatic rings. The number of rotatable bonds is 7. The molecule has 0 fully saturated rings. The first-order chi connectivity index (χ1) is 10.2. The van der Waals surface area contributed by atoms with Crippen LogP contribution >= 0.6 is 0 Å². The van der Waals surface area contributed by atoms with Gasteiger partial charge in [-0.2, -0.15) is 0 Å². The van der Waals surface area contributed by atoms with Gasteiger partial charge in [0.15, 0.2) is 0 Å². The lowest BCUT2D eigenvalue weighted by Crippen LogP contribution is -2.20. The summed E-state index contributed by atoms with van der Waals surface area (Å²) < 4.78 is 5.72. The molecule has 0 saturated heterocycles. The van der Waals surface area contributed by atoms with Crippen molar-refractivity contribution in [1.82, 2.24) is 5.48 Å². The third kappa shape index (κ3) is 4.46. The van der Waals surface area contributed by atoms with E-state index in [2.05, 4.69) is 5.32 Å². The number of anilines is 1. The minimum absolute atomic E-state index is 0.0218. The molecule has 0 aromatic heterocycles. The molecule has 0 spiro atoms. The largest absolute Gasteiger partial charge is 0.491 e. The molecule has 0 unspecified atom stereocenters. The van der Waals surface area contributed by atoms with Crippen LogP contribution in [0.5, 0.6) is 5.75 Å². The summed E-state index contributed by atoms with van der Waals surface area (Å²) in [5.41, 5.74) is 3.50.